The number of hydrogen-bond donors (Lipinski definition) is 0. The fraction of sp³-hybridized carbons (Fsp3) is 0.625. The van der Waals surface area contributed by atoms with E-state index in [1.165, 1.54) is 6.07 Å². The monoisotopic (exact) mass is 328 g/mol. The first-order valence-electron chi connectivity index (χ1n) is 7.65. The highest BCUT2D eigenvalue weighted by Gasteiger charge is 2.52. The lowest BCUT2D eigenvalue weighted by molar-refractivity contribution is -0.137. The van der Waals surface area contributed by atoms with Crippen LogP contribution >= 0.6 is 0 Å². The molecule has 0 saturated carbocycles. The zero-order chi connectivity index (χ0) is 17.0. The summed E-state index contributed by atoms with van der Waals surface area (Å²) in [5.41, 5.74) is -0.833. The molecule has 0 bridgehead atoms. The van der Waals surface area contributed by atoms with Gasteiger partial charge in [-0.05, 0) is 44.8 Å². The zero-order valence-electron chi connectivity index (χ0n) is 13.7. The number of alkyl halides is 3. The first kappa shape index (κ1) is 16.8. The van der Waals surface area contributed by atoms with E-state index in [0.29, 0.717) is 24.2 Å². The van der Waals surface area contributed by atoms with Crippen LogP contribution in [-0.4, -0.2) is 31.5 Å². The largest absolute Gasteiger partial charge is 0.494 e. The Morgan fingerprint density at radius 2 is 1.57 bits per heavy atom. The summed E-state index contributed by atoms with van der Waals surface area (Å²) >= 11 is 0. The SMILES string of the molecule is CC1(C)OB(c2cc(C3COC3)cc(C(F)(F)F)c2)OC1(C)C. The number of halogens is 3. The molecule has 1 aromatic carbocycles. The van der Waals surface area contributed by atoms with E-state index in [2.05, 4.69) is 0 Å². The highest BCUT2D eigenvalue weighted by molar-refractivity contribution is 6.62. The van der Waals surface area contributed by atoms with Gasteiger partial charge in [-0.1, -0.05) is 12.1 Å². The number of rotatable bonds is 2. The molecule has 0 amide bonds. The third-order valence-corrected chi connectivity index (χ3v) is 4.94. The van der Waals surface area contributed by atoms with E-state index in [1.54, 1.807) is 6.07 Å². The molecule has 2 fully saturated rings. The average Bonchev–Trinajstić information content (AvgIpc) is 2.55. The molecule has 0 aromatic heterocycles. The summed E-state index contributed by atoms with van der Waals surface area (Å²) in [7, 11) is -0.804. The lowest BCUT2D eigenvalue weighted by Crippen LogP contribution is -2.41. The Bertz CT molecular complexity index is 593. The van der Waals surface area contributed by atoms with Gasteiger partial charge in [0.25, 0.3) is 0 Å². The highest BCUT2D eigenvalue weighted by atomic mass is 19.4. The van der Waals surface area contributed by atoms with Gasteiger partial charge in [0, 0.05) is 5.92 Å². The number of benzene rings is 1. The second kappa shape index (κ2) is 5.23. The summed E-state index contributed by atoms with van der Waals surface area (Å²) in [5, 5.41) is 0. The van der Waals surface area contributed by atoms with E-state index in [4.69, 9.17) is 14.0 Å². The van der Waals surface area contributed by atoms with Crippen LogP contribution in [0.3, 0.4) is 0 Å². The van der Waals surface area contributed by atoms with Crippen molar-refractivity contribution in [3.05, 3.63) is 29.3 Å². The summed E-state index contributed by atoms with van der Waals surface area (Å²) in [5.74, 6) is -0.00141. The molecular formula is C16H20BF3O3. The van der Waals surface area contributed by atoms with Crippen LogP contribution in [0.25, 0.3) is 0 Å². The molecule has 2 saturated heterocycles. The van der Waals surface area contributed by atoms with E-state index in [9.17, 15) is 13.2 Å². The summed E-state index contributed by atoms with van der Waals surface area (Å²) in [6.07, 6.45) is -4.40. The van der Waals surface area contributed by atoms with Crippen molar-refractivity contribution in [3.63, 3.8) is 0 Å². The maximum Gasteiger partial charge on any atom is 0.494 e. The van der Waals surface area contributed by atoms with Gasteiger partial charge in [-0.25, -0.2) is 0 Å². The molecule has 2 heterocycles. The summed E-state index contributed by atoms with van der Waals surface area (Å²) in [4.78, 5) is 0. The van der Waals surface area contributed by atoms with Crippen molar-refractivity contribution in [3.8, 4) is 0 Å². The van der Waals surface area contributed by atoms with E-state index >= 15 is 0 Å². The van der Waals surface area contributed by atoms with Crippen molar-refractivity contribution in [2.45, 2.75) is 51.0 Å². The van der Waals surface area contributed by atoms with E-state index < -0.39 is 30.1 Å². The van der Waals surface area contributed by atoms with Gasteiger partial charge in [0.05, 0.1) is 30.0 Å². The Morgan fingerprint density at radius 3 is 2.00 bits per heavy atom. The fourth-order valence-electron chi connectivity index (χ4n) is 2.62. The average molecular weight is 328 g/mol. The van der Waals surface area contributed by atoms with Gasteiger partial charge in [0.15, 0.2) is 0 Å². The van der Waals surface area contributed by atoms with E-state index in [1.807, 2.05) is 27.7 Å². The fourth-order valence-corrected chi connectivity index (χ4v) is 2.62. The number of ether oxygens (including phenoxy) is 1. The summed E-state index contributed by atoms with van der Waals surface area (Å²) in [6.45, 7) is 8.40. The van der Waals surface area contributed by atoms with E-state index in [-0.39, 0.29) is 5.92 Å². The van der Waals surface area contributed by atoms with Gasteiger partial charge < -0.3 is 14.0 Å². The Morgan fingerprint density at radius 1 is 1.00 bits per heavy atom. The molecule has 126 valence electrons. The molecule has 3 nitrogen and oxygen atoms in total. The lowest BCUT2D eigenvalue weighted by Gasteiger charge is -2.32. The summed E-state index contributed by atoms with van der Waals surface area (Å²) < 4.78 is 56.5. The minimum absolute atomic E-state index is 0.00141. The van der Waals surface area contributed by atoms with Crippen molar-refractivity contribution in [2.24, 2.45) is 0 Å². The minimum atomic E-state index is -4.40. The molecule has 2 aliphatic rings. The molecule has 0 spiro atoms. The number of hydrogen-bond acceptors (Lipinski definition) is 3. The molecule has 2 aliphatic heterocycles. The molecule has 0 N–H and O–H groups in total. The van der Waals surface area contributed by atoms with Crippen LogP contribution in [0, 0.1) is 0 Å². The Kier molecular flexibility index (Phi) is 3.82. The molecule has 1 aromatic rings. The zero-order valence-corrected chi connectivity index (χ0v) is 13.7. The highest BCUT2D eigenvalue weighted by Crippen LogP contribution is 2.38. The predicted octanol–water partition coefficient (Wildman–Crippen LogP) is 3.12. The van der Waals surface area contributed by atoms with Gasteiger partial charge in [-0.3, -0.25) is 0 Å². The van der Waals surface area contributed by atoms with Crippen molar-refractivity contribution in [1.82, 2.24) is 0 Å². The van der Waals surface area contributed by atoms with Crippen LogP contribution in [0.2, 0.25) is 0 Å². The first-order valence-corrected chi connectivity index (χ1v) is 7.65. The molecule has 3 rings (SSSR count). The maximum absolute atomic E-state index is 13.2. The van der Waals surface area contributed by atoms with Crippen LogP contribution in [0.4, 0.5) is 13.2 Å². The van der Waals surface area contributed by atoms with Gasteiger partial charge in [-0.15, -0.1) is 0 Å². The van der Waals surface area contributed by atoms with Crippen LogP contribution in [0.15, 0.2) is 18.2 Å². The Balaban J connectivity index is 1.99. The molecular weight excluding hydrogens is 308 g/mol. The van der Waals surface area contributed by atoms with Crippen LogP contribution < -0.4 is 5.46 Å². The smallest absolute Gasteiger partial charge is 0.399 e. The Labute approximate surface area is 134 Å². The third-order valence-electron chi connectivity index (χ3n) is 4.94. The second-order valence-corrected chi connectivity index (χ2v) is 7.21. The molecule has 0 atom stereocenters. The predicted molar refractivity (Wildman–Crippen MR) is 80.7 cm³/mol. The van der Waals surface area contributed by atoms with E-state index in [0.717, 1.165) is 6.07 Å². The van der Waals surface area contributed by atoms with Gasteiger partial charge >= 0.3 is 13.3 Å². The van der Waals surface area contributed by atoms with Gasteiger partial charge in [-0.2, -0.15) is 13.2 Å². The normalized spacial score (nSPS) is 23.9. The lowest BCUT2D eigenvalue weighted by atomic mass is 9.76. The maximum atomic E-state index is 13.2. The van der Waals surface area contributed by atoms with Crippen LogP contribution in [-0.2, 0) is 20.2 Å². The van der Waals surface area contributed by atoms with Crippen LogP contribution in [0.1, 0.15) is 44.7 Å². The minimum Gasteiger partial charge on any atom is -0.399 e. The topological polar surface area (TPSA) is 27.7 Å². The van der Waals surface area contributed by atoms with Gasteiger partial charge in [0.1, 0.15) is 0 Å². The molecule has 0 unspecified atom stereocenters. The first-order chi connectivity index (χ1) is 10.5. The quantitative estimate of drug-likeness (QED) is 0.781. The van der Waals surface area contributed by atoms with Crippen molar-refractivity contribution in [1.29, 1.82) is 0 Å². The molecule has 0 radical (unpaired) electrons. The van der Waals surface area contributed by atoms with Crippen molar-refractivity contribution >= 4 is 12.6 Å². The third kappa shape index (κ3) is 3.02. The van der Waals surface area contributed by atoms with Crippen LogP contribution in [0.5, 0.6) is 0 Å². The Hall–Kier alpha value is -1.05. The summed E-state index contributed by atoms with van der Waals surface area (Å²) in [6, 6.07) is 4.05. The van der Waals surface area contributed by atoms with Crippen molar-refractivity contribution < 1.29 is 27.2 Å². The van der Waals surface area contributed by atoms with Gasteiger partial charge in [0.2, 0.25) is 0 Å². The standard InChI is InChI=1S/C16H20BF3O3/c1-14(2)15(3,4)23-17(22-14)13-6-10(11-8-21-9-11)5-12(7-13)16(18,19)20/h5-7,11H,8-9H2,1-4H3. The molecule has 23 heavy (non-hydrogen) atoms. The second-order valence-electron chi connectivity index (χ2n) is 7.21. The molecule has 7 heteroatoms. The van der Waals surface area contributed by atoms with Crippen molar-refractivity contribution in [2.75, 3.05) is 13.2 Å². The molecule has 0 aliphatic carbocycles.